The lowest BCUT2D eigenvalue weighted by Gasteiger charge is -2.33. The summed E-state index contributed by atoms with van der Waals surface area (Å²) in [6, 6.07) is 0.220. The van der Waals surface area contributed by atoms with E-state index in [0.717, 1.165) is 4.31 Å². The highest BCUT2D eigenvalue weighted by atomic mass is 32.2. The van der Waals surface area contributed by atoms with Crippen molar-refractivity contribution in [1.82, 2.24) is 14.2 Å². The zero-order valence-corrected chi connectivity index (χ0v) is 16.5. The lowest BCUT2D eigenvalue weighted by Crippen LogP contribution is -2.50. The van der Waals surface area contributed by atoms with Crippen molar-refractivity contribution in [3.63, 3.8) is 0 Å². The van der Waals surface area contributed by atoms with Crippen LogP contribution in [0.2, 0.25) is 0 Å². The molecule has 1 aromatic carbocycles. The molecule has 30 heavy (non-hydrogen) atoms. The Bertz CT molecular complexity index is 995. The van der Waals surface area contributed by atoms with E-state index in [1.54, 1.807) is 0 Å². The van der Waals surface area contributed by atoms with Gasteiger partial charge >= 0.3 is 12.4 Å². The largest absolute Gasteiger partial charge is 0.416 e. The lowest BCUT2D eigenvalue weighted by molar-refractivity contribution is -0.143. The van der Waals surface area contributed by atoms with Crippen molar-refractivity contribution < 1.29 is 39.6 Å². The second kappa shape index (κ2) is 7.81. The zero-order valence-electron chi connectivity index (χ0n) is 14.9. The molecule has 0 bridgehead atoms. The molecular formula is C16H13F6N3O3S2. The van der Waals surface area contributed by atoms with E-state index in [2.05, 4.69) is 4.98 Å². The van der Waals surface area contributed by atoms with E-state index in [1.165, 1.54) is 27.1 Å². The minimum Gasteiger partial charge on any atom is -0.335 e. The second-order valence-corrected chi connectivity index (χ2v) is 8.97. The fraction of sp³-hybridized carbons (Fsp3) is 0.375. The third kappa shape index (κ3) is 4.59. The number of carbonyl (C=O) groups is 1. The quantitative estimate of drug-likeness (QED) is 0.642. The molecule has 1 aliphatic rings. The summed E-state index contributed by atoms with van der Waals surface area (Å²) in [5, 5.41) is 1.51. The Balaban J connectivity index is 1.86. The van der Waals surface area contributed by atoms with Gasteiger partial charge in [0.05, 0.1) is 21.5 Å². The van der Waals surface area contributed by atoms with E-state index >= 15 is 0 Å². The minimum atomic E-state index is -5.16. The topological polar surface area (TPSA) is 70.6 Å². The van der Waals surface area contributed by atoms with E-state index in [4.69, 9.17) is 0 Å². The summed E-state index contributed by atoms with van der Waals surface area (Å²) in [7, 11) is -4.65. The molecular weight excluding hydrogens is 460 g/mol. The van der Waals surface area contributed by atoms with Crippen LogP contribution in [0, 0.1) is 0 Å². The maximum Gasteiger partial charge on any atom is 0.416 e. The smallest absolute Gasteiger partial charge is 0.335 e. The maximum atomic E-state index is 13.0. The summed E-state index contributed by atoms with van der Waals surface area (Å²) in [6.07, 6.45) is -10.3. The maximum absolute atomic E-state index is 13.0. The molecule has 164 valence electrons. The highest BCUT2D eigenvalue weighted by Crippen LogP contribution is 2.37. The summed E-state index contributed by atoms with van der Waals surface area (Å²) < 4.78 is 104. The van der Waals surface area contributed by atoms with Crippen LogP contribution in [0.5, 0.6) is 0 Å². The average Bonchev–Trinajstić information content (AvgIpc) is 3.20. The van der Waals surface area contributed by atoms with Crippen LogP contribution in [0.4, 0.5) is 26.3 Å². The molecule has 6 nitrogen and oxygen atoms in total. The van der Waals surface area contributed by atoms with Gasteiger partial charge in [-0.1, -0.05) is 0 Å². The van der Waals surface area contributed by atoms with Gasteiger partial charge in [0.25, 0.3) is 5.91 Å². The molecule has 1 saturated heterocycles. The van der Waals surface area contributed by atoms with Gasteiger partial charge in [-0.25, -0.2) is 13.4 Å². The number of benzene rings is 1. The Hall–Kier alpha value is -2.19. The molecule has 1 aliphatic heterocycles. The van der Waals surface area contributed by atoms with Gasteiger partial charge in [0.15, 0.2) is 0 Å². The van der Waals surface area contributed by atoms with E-state index in [1.807, 2.05) is 0 Å². The molecule has 2 aromatic rings. The lowest BCUT2D eigenvalue weighted by atomic mass is 10.1. The van der Waals surface area contributed by atoms with Crippen LogP contribution in [-0.2, 0) is 22.4 Å². The summed E-state index contributed by atoms with van der Waals surface area (Å²) >= 11 is 1.19. The van der Waals surface area contributed by atoms with E-state index in [9.17, 15) is 39.6 Å². The Morgan fingerprint density at radius 1 is 0.933 bits per heavy atom. The SMILES string of the molecule is O=C(c1cscn1)N1CCN(S(=O)(=O)c2cc(C(F)(F)F)cc(C(F)(F)F)c2)CC1. The number of hydrogen-bond acceptors (Lipinski definition) is 5. The molecule has 1 amide bonds. The summed E-state index contributed by atoms with van der Waals surface area (Å²) in [6.45, 7) is -0.729. The van der Waals surface area contributed by atoms with Crippen molar-refractivity contribution >= 4 is 27.3 Å². The molecule has 0 spiro atoms. The monoisotopic (exact) mass is 473 g/mol. The van der Waals surface area contributed by atoms with Crippen LogP contribution in [0.25, 0.3) is 0 Å². The number of amides is 1. The Morgan fingerprint density at radius 2 is 1.47 bits per heavy atom. The molecule has 0 radical (unpaired) electrons. The van der Waals surface area contributed by atoms with Crippen molar-refractivity contribution in [2.75, 3.05) is 26.2 Å². The first-order valence-corrected chi connectivity index (χ1v) is 10.7. The Kier molecular flexibility index (Phi) is 5.86. The van der Waals surface area contributed by atoms with E-state index in [0.29, 0.717) is 0 Å². The highest BCUT2D eigenvalue weighted by Gasteiger charge is 2.39. The van der Waals surface area contributed by atoms with Crippen LogP contribution in [0.15, 0.2) is 34.0 Å². The number of sulfonamides is 1. The summed E-state index contributed by atoms with van der Waals surface area (Å²) in [4.78, 5) is 16.3. The van der Waals surface area contributed by atoms with Gasteiger partial charge in [-0.15, -0.1) is 11.3 Å². The molecule has 14 heteroatoms. The molecule has 2 heterocycles. The van der Waals surface area contributed by atoms with Gasteiger partial charge in [0.1, 0.15) is 5.69 Å². The molecule has 3 rings (SSSR count). The highest BCUT2D eigenvalue weighted by molar-refractivity contribution is 7.89. The average molecular weight is 473 g/mol. The molecule has 0 aliphatic carbocycles. The Morgan fingerprint density at radius 3 is 1.90 bits per heavy atom. The number of nitrogens with zero attached hydrogens (tertiary/aromatic N) is 3. The Labute approximate surface area is 170 Å². The first-order chi connectivity index (χ1) is 13.8. The molecule has 0 saturated carbocycles. The number of carbonyl (C=O) groups excluding carboxylic acids is 1. The minimum absolute atomic E-state index is 0.0827. The van der Waals surface area contributed by atoms with Gasteiger partial charge in [-0.2, -0.15) is 30.6 Å². The fourth-order valence-electron chi connectivity index (χ4n) is 2.84. The van der Waals surface area contributed by atoms with Crippen molar-refractivity contribution in [2.24, 2.45) is 0 Å². The van der Waals surface area contributed by atoms with Crippen LogP contribution in [0.3, 0.4) is 0 Å². The predicted octanol–water partition coefficient (Wildman–Crippen LogP) is 3.33. The number of piperazine rings is 1. The summed E-state index contributed by atoms with van der Waals surface area (Å²) in [5.41, 5.74) is -1.81. The van der Waals surface area contributed by atoms with Crippen LogP contribution in [0.1, 0.15) is 21.6 Å². The number of alkyl halides is 6. The zero-order chi connectivity index (χ0) is 22.3. The predicted molar refractivity (Wildman–Crippen MR) is 93.2 cm³/mol. The van der Waals surface area contributed by atoms with Crippen molar-refractivity contribution in [2.45, 2.75) is 17.2 Å². The standard InChI is InChI=1S/C16H13F6N3O3S2/c17-15(18,19)10-5-11(16(20,21)22)7-12(6-10)30(27,28)25-3-1-24(2-4-25)14(26)13-8-29-9-23-13/h5-9H,1-4H2. The fourth-order valence-corrected chi connectivity index (χ4v) is 4.86. The van der Waals surface area contributed by atoms with Gasteiger partial charge in [0.2, 0.25) is 10.0 Å². The molecule has 1 aromatic heterocycles. The number of aromatic nitrogens is 1. The summed E-state index contributed by atoms with van der Waals surface area (Å²) in [5.74, 6) is -0.438. The second-order valence-electron chi connectivity index (χ2n) is 6.31. The van der Waals surface area contributed by atoms with Gasteiger partial charge in [-0.3, -0.25) is 4.79 Å². The van der Waals surface area contributed by atoms with Crippen molar-refractivity contribution in [1.29, 1.82) is 0 Å². The van der Waals surface area contributed by atoms with Crippen LogP contribution < -0.4 is 0 Å². The number of halogens is 6. The number of thiazole rings is 1. The first kappa shape index (κ1) is 22.5. The third-order valence-electron chi connectivity index (χ3n) is 4.38. The van der Waals surface area contributed by atoms with Crippen molar-refractivity contribution in [3.8, 4) is 0 Å². The van der Waals surface area contributed by atoms with Gasteiger partial charge in [0, 0.05) is 31.6 Å². The third-order valence-corrected chi connectivity index (χ3v) is 6.84. The molecule has 0 unspecified atom stereocenters. The van der Waals surface area contributed by atoms with E-state index in [-0.39, 0.29) is 50.1 Å². The van der Waals surface area contributed by atoms with Crippen molar-refractivity contribution in [3.05, 3.63) is 45.9 Å². The number of rotatable bonds is 3. The van der Waals surface area contributed by atoms with Crippen LogP contribution >= 0.6 is 11.3 Å². The first-order valence-electron chi connectivity index (χ1n) is 8.27. The van der Waals surface area contributed by atoms with E-state index < -0.39 is 44.3 Å². The normalized spacial score (nSPS) is 16.7. The van der Waals surface area contributed by atoms with Gasteiger partial charge in [-0.05, 0) is 18.2 Å². The molecule has 1 fully saturated rings. The number of hydrogen-bond donors (Lipinski definition) is 0. The van der Waals surface area contributed by atoms with Gasteiger partial charge < -0.3 is 4.90 Å². The van der Waals surface area contributed by atoms with Crippen LogP contribution in [-0.4, -0.2) is 54.7 Å². The molecule has 0 N–H and O–H groups in total. The molecule has 0 atom stereocenters.